The summed E-state index contributed by atoms with van der Waals surface area (Å²) in [6.45, 7) is 0.525. The molecule has 0 aliphatic heterocycles. The summed E-state index contributed by atoms with van der Waals surface area (Å²) in [5.74, 6) is -0.493. The molecular formula is C12H13N3O2. The number of carbonyl (C=O) groups is 2. The number of nitrogens with one attached hydrogen (secondary N) is 1. The number of hydrogen-bond donors (Lipinski definition) is 1. The van der Waals surface area contributed by atoms with Crippen LogP contribution >= 0.6 is 0 Å². The molecule has 0 spiro atoms. The SMILES string of the molecule is CN(CCc1ccc2nc[nH]c2c1)C(=O)C=O. The molecule has 1 amide bonds. The highest BCUT2D eigenvalue weighted by Crippen LogP contribution is 2.12. The van der Waals surface area contributed by atoms with E-state index in [0.717, 1.165) is 16.6 Å². The van der Waals surface area contributed by atoms with Crippen LogP contribution in [0.4, 0.5) is 0 Å². The van der Waals surface area contributed by atoms with E-state index in [0.29, 0.717) is 19.3 Å². The molecule has 1 N–H and O–H groups in total. The number of carbonyl (C=O) groups excluding carboxylic acids is 2. The highest BCUT2D eigenvalue weighted by atomic mass is 16.2. The maximum absolute atomic E-state index is 11.0. The van der Waals surface area contributed by atoms with E-state index in [1.54, 1.807) is 13.4 Å². The molecule has 5 heteroatoms. The van der Waals surface area contributed by atoms with Gasteiger partial charge < -0.3 is 9.88 Å². The van der Waals surface area contributed by atoms with Gasteiger partial charge in [0.1, 0.15) is 0 Å². The molecule has 0 atom stereocenters. The van der Waals surface area contributed by atoms with E-state index >= 15 is 0 Å². The van der Waals surface area contributed by atoms with Crippen LogP contribution in [0.3, 0.4) is 0 Å². The van der Waals surface area contributed by atoms with E-state index < -0.39 is 5.91 Å². The lowest BCUT2D eigenvalue weighted by molar-refractivity contribution is -0.137. The molecule has 1 aromatic carbocycles. The van der Waals surface area contributed by atoms with Gasteiger partial charge >= 0.3 is 0 Å². The minimum atomic E-state index is -0.493. The van der Waals surface area contributed by atoms with Crippen LogP contribution in [0.25, 0.3) is 11.0 Å². The van der Waals surface area contributed by atoms with Gasteiger partial charge in [-0.1, -0.05) is 6.07 Å². The molecule has 0 unspecified atom stereocenters. The minimum Gasteiger partial charge on any atom is -0.345 e. The monoisotopic (exact) mass is 231 g/mol. The van der Waals surface area contributed by atoms with Gasteiger partial charge in [-0.15, -0.1) is 0 Å². The van der Waals surface area contributed by atoms with Crippen LogP contribution in [0, 0.1) is 0 Å². The zero-order valence-electron chi connectivity index (χ0n) is 9.51. The van der Waals surface area contributed by atoms with Crippen molar-refractivity contribution >= 4 is 23.2 Å². The summed E-state index contributed by atoms with van der Waals surface area (Å²) in [7, 11) is 1.62. The Hall–Kier alpha value is -2.17. The van der Waals surface area contributed by atoms with E-state index in [2.05, 4.69) is 9.97 Å². The van der Waals surface area contributed by atoms with Crippen LogP contribution in [0.2, 0.25) is 0 Å². The zero-order valence-corrected chi connectivity index (χ0v) is 9.51. The normalized spacial score (nSPS) is 10.4. The summed E-state index contributed by atoms with van der Waals surface area (Å²) in [6, 6.07) is 5.91. The van der Waals surface area contributed by atoms with Gasteiger partial charge in [0.05, 0.1) is 17.4 Å². The summed E-state index contributed by atoms with van der Waals surface area (Å²) >= 11 is 0. The van der Waals surface area contributed by atoms with E-state index in [1.807, 2.05) is 18.2 Å². The second-order valence-corrected chi connectivity index (χ2v) is 3.88. The third-order valence-corrected chi connectivity index (χ3v) is 2.70. The van der Waals surface area contributed by atoms with Gasteiger partial charge in [-0.3, -0.25) is 9.59 Å². The van der Waals surface area contributed by atoms with Gasteiger partial charge in [-0.25, -0.2) is 4.98 Å². The third-order valence-electron chi connectivity index (χ3n) is 2.70. The number of imidazole rings is 1. The van der Waals surface area contributed by atoms with Crippen LogP contribution in [0.15, 0.2) is 24.5 Å². The Bertz CT molecular complexity index is 547. The fraction of sp³-hybridized carbons (Fsp3) is 0.250. The molecule has 0 fully saturated rings. The Labute approximate surface area is 98.4 Å². The van der Waals surface area contributed by atoms with E-state index in [-0.39, 0.29) is 0 Å². The second kappa shape index (κ2) is 4.78. The number of nitrogens with zero attached hydrogens (tertiary/aromatic N) is 2. The lowest BCUT2D eigenvalue weighted by Crippen LogP contribution is -2.29. The quantitative estimate of drug-likeness (QED) is 0.624. The largest absolute Gasteiger partial charge is 0.345 e. The fourth-order valence-corrected chi connectivity index (χ4v) is 1.64. The molecule has 5 nitrogen and oxygen atoms in total. The second-order valence-electron chi connectivity index (χ2n) is 3.88. The number of aldehydes is 1. The minimum absolute atomic E-state index is 0.331. The molecule has 0 aliphatic carbocycles. The molecule has 0 radical (unpaired) electrons. The number of H-pyrrole nitrogens is 1. The number of benzene rings is 1. The Kier molecular flexibility index (Phi) is 3.18. The average Bonchev–Trinajstić information content (AvgIpc) is 2.82. The van der Waals surface area contributed by atoms with Gasteiger partial charge in [0.15, 0.2) is 0 Å². The van der Waals surface area contributed by atoms with E-state index in [1.165, 1.54) is 4.90 Å². The van der Waals surface area contributed by atoms with Crippen molar-refractivity contribution in [2.45, 2.75) is 6.42 Å². The number of aromatic amines is 1. The molecule has 2 rings (SSSR count). The van der Waals surface area contributed by atoms with Crippen molar-refractivity contribution in [3.05, 3.63) is 30.1 Å². The zero-order chi connectivity index (χ0) is 12.3. The van der Waals surface area contributed by atoms with Crippen LogP contribution in [-0.2, 0) is 16.0 Å². The highest BCUT2D eigenvalue weighted by Gasteiger charge is 2.06. The van der Waals surface area contributed by atoms with Gasteiger partial charge in [0, 0.05) is 13.6 Å². The van der Waals surface area contributed by atoms with Gasteiger partial charge in [-0.2, -0.15) is 0 Å². The molecule has 2 aromatic rings. The van der Waals surface area contributed by atoms with Crippen molar-refractivity contribution in [1.82, 2.24) is 14.9 Å². The maximum Gasteiger partial charge on any atom is 0.286 e. The smallest absolute Gasteiger partial charge is 0.286 e. The topological polar surface area (TPSA) is 66.1 Å². The number of rotatable bonds is 4. The first-order valence-corrected chi connectivity index (χ1v) is 5.33. The first kappa shape index (κ1) is 11.3. The molecule has 0 bridgehead atoms. The van der Waals surface area contributed by atoms with E-state index in [9.17, 15) is 9.59 Å². The van der Waals surface area contributed by atoms with Gasteiger partial charge in [-0.05, 0) is 24.1 Å². The fourth-order valence-electron chi connectivity index (χ4n) is 1.64. The molecule has 1 aromatic heterocycles. The lowest BCUT2D eigenvalue weighted by Gasteiger charge is -2.13. The van der Waals surface area contributed by atoms with Crippen molar-refractivity contribution in [2.24, 2.45) is 0 Å². The van der Waals surface area contributed by atoms with E-state index in [4.69, 9.17) is 0 Å². The van der Waals surface area contributed by atoms with Crippen molar-refractivity contribution < 1.29 is 9.59 Å². The molecule has 0 saturated heterocycles. The molecular weight excluding hydrogens is 218 g/mol. The summed E-state index contributed by atoms with van der Waals surface area (Å²) in [4.78, 5) is 29.9. The van der Waals surface area contributed by atoms with Crippen LogP contribution < -0.4 is 0 Å². The predicted molar refractivity (Wildman–Crippen MR) is 63.5 cm³/mol. The van der Waals surface area contributed by atoms with Gasteiger partial charge in [0.2, 0.25) is 6.29 Å². The van der Waals surface area contributed by atoms with Crippen LogP contribution in [0.5, 0.6) is 0 Å². The highest BCUT2D eigenvalue weighted by molar-refractivity contribution is 6.23. The number of likely N-dealkylation sites (N-methyl/N-ethyl adjacent to an activating group) is 1. The van der Waals surface area contributed by atoms with Crippen molar-refractivity contribution in [1.29, 1.82) is 0 Å². The Balaban J connectivity index is 2.03. The first-order valence-electron chi connectivity index (χ1n) is 5.33. The van der Waals surface area contributed by atoms with Gasteiger partial charge in [0.25, 0.3) is 5.91 Å². The predicted octanol–water partition coefficient (Wildman–Crippen LogP) is 0.763. The number of aromatic nitrogens is 2. The first-order chi connectivity index (χ1) is 8.20. The molecule has 0 aliphatic rings. The maximum atomic E-state index is 11.0. The standard InChI is InChI=1S/C12H13N3O2/c1-15(12(17)7-16)5-4-9-2-3-10-11(6-9)14-8-13-10/h2-3,6-8H,4-5H2,1H3,(H,13,14). The lowest BCUT2D eigenvalue weighted by atomic mass is 10.1. The van der Waals surface area contributed by atoms with Crippen molar-refractivity contribution in [3.8, 4) is 0 Å². The third kappa shape index (κ3) is 2.50. The van der Waals surface area contributed by atoms with Crippen LogP contribution in [-0.4, -0.2) is 40.7 Å². The number of fused-ring (bicyclic) bond motifs is 1. The summed E-state index contributed by atoms with van der Waals surface area (Å²) in [5.41, 5.74) is 3.00. The van der Waals surface area contributed by atoms with Crippen molar-refractivity contribution in [3.63, 3.8) is 0 Å². The van der Waals surface area contributed by atoms with Crippen LogP contribution in [0.1, 0.15) is 5.56 Å². The molecule has 1 heterocycles. The average molecular weight is 231 g/mol. The van der Waals surface area contributed by atoms with Crippen molar-refractivity contribution in [2.75, 3.05) is 13.6 Å². The molecule has 0 saturated carbocycles. The molecule has 17 heavy (non-hydrogen) atoms. The summed E-state index contributed by atoms with van der Waals surface area (Å²) in [5, 5.41) is 0. The summed E-state index contributed by atoms with van der Waals surface area (Å²) in [6.07, 6.45) is 2.69. The Morgan fingerprint density at radius 3 is 3.12 bits per heavy atom. The molecule has 88 valence electrons. The number of amides is 1. The Morgan fingerprint density at radius 2 is 2.35 bits per heavy atom. The number of hydrogen-bond acceptors (Lipinski definition) is 3. The Morgan fingerprint density at radius 1 is 1.53 bits per heavy atom. The summed E-state index contributed by atoms with van der Waals surface area (Å²) < 4.78 is 0.